The molecule has 0 aromatic carbocycles. The lowest BCUT2D eigenvalue weighted by Crippen LogP contribution is -2.76. The fourth-order valence-electron chi connectivity index (χ4n) is 2.87. The van der Waals surface area contributed by atoms with Gasteiger partial charge in [-0.15, -0.1) is 0 Å². The van der Waals surface area contributed by atoms with E-state index < -0.39 is 0 Å². The van der Waals surface area contributed by atoms with Crippen molar-refractivity contribution in [2.45, 2.75) is 25.7 Å². The summed E-state index contributed by atoms with van der Waals surface area (Å²) in [5, 5.41) is 0. The number of hydrogen-bond donors (Lipinski definition) is 0. The second-order valence-corrected chi connectivity index (χ2v) is 3.71. The van der Waals surface area contributed by atoms with Gasteiger partial charge in [-0.2, -0.15) is 0 Å². The average molecular weight is 80.1 g/mol. The largest absolute Gasteiger partial charge is 0.0418 e. The summed E-state index contributed by atoms with van der Waals surface area (Å²) in [5.41, 5.74) is 2.00. The Morgan fingerprint density at radius 1 is 0.667 bits per heavy atom. The second-order valence-electron chi connectivity index (χ2n) is 3.71. The van der Waals surface area contributed by atoms with E-state index in [2.05, 4.69) is 0 Å². The second kappa shape index (κ2) is 0.312. The molecule has 6 aliphatic carbocycles. The van der Waals surface area contributed by atoms with E-state index in [0.717, 1.165) is 10.8 Å². The Labute approximate surface area is 37.5 Å². The highest BCUT2D eigenvalue weighted by Gasteiger charge is 2.80. The van der Waals surface area contributed by atoms with E-state index in [9.17, 15) is 0 Å². The highest BCUT2D eigenvalue weighted by atomic mass is 14.8. The summed E-state index contributed by atoms with van der Waals surface area (Å²) < 4.78 is 0. The molecule has 0 saturated heterocycles. The van der Waals surface area contributed by atoms with Crippen molar-refractivity contribution in [2.75, 3.05) is 0 Å². The molecule has 0 aromatic heterocycles. The maximum absolute atomic E-state index is 1.62. The molecular formula is C6H8. The zero-order chi connectivity index (χ0) is 3.83. The van der Waals surface area contributed by atoms with Crippen molar-refractivity contribution in [1.82, 2.24) is 0 Å². The van der Waals surface area contributed by atoms with Gasteiger partial charge < -0.3 is 0 Å². The maximum atomic E-state index is 1.62. The van der Waals surface area contributed by atoms with Crippen LogP contribution in [0.15, 0.2) is 0 Å². The van der Waals surface area contributed by atoms with E-state index in [1.54, 1.807) is 25.7 Å². The fraction of sp³-hybridized carbons (Fsp3) is 1.00. The van der Waals surface area contributed by atoms with Gasteiger partial charge in [-0.1, -0.05) is 0 Å². The molecule has 0 amide bonds. The van der Waals surface area contributed by atoms with Crippen LogP contribution in [0.2, 0.25) is 0 Å². The van der Waals surface area contributed by atoms with Gasteiger partial charge in [0, 0.05) is 0 Å². The van der Waals surface area contributed by atoms with Crippen LogP contribution in [0.5, 0.6) is 0 Å². The SMILES string of the molecule is C1C23CC1(C2)C3. The maximum Gasteiger partial charge on any atom is -0.0276 e. The first-order valence-corrected chi connectivity index (χ1v) is 2.83. The molecule has 6 heavy (non-hydrogen) atoms. The highest BCUT2D eigenvalue weighted by Crippen LogP contribution is 2.90. The van der Waals surface area contributed by atoms with Crippen LogP contribution in [0, 0.1) is 10.8 Å². The van der Waals surface area contributed by atoms with Crippen LogP contribution in [-0.4, -0.2) is 0 Å². The quantitative estimate of drug-likeness (QED) is 0.414. The molecule has 0 atom stereocenters. The van der Waals surface area contributed by atoms with Crippen molar-refractivity contribution in [3.05, 3.63) is 0 Å². The van der Waals surface area contributed by atoms with Crippen LogP contribution >= 0.6 is 0 Å². The smallest absolute Gasteiger partial charge is 0.0276 e. The Bertz CT molecular complexity index is 77.0. The molecule has 0 heteroatoms. The minimum atomic E-state index is 1.00. The minimum Gasteiger partial charge on any atom is -0.0418 e. The van der Waals surface area contributed by atoms with Gasteiger partial charge in [0.05, 0.1) is 0 Å². The Hall–Kier alpha value is 0. The van der Waals surface area contributed by atoms with Crippen LogP contribution in [0.25, 0.3) is 0 Å². The lowest BCUT2D eigenvalue weighted by atomic mass is 9.18. The Kier molecular flexibility index (Phi) is 0.122. The molecule has 6 rings (SSSR count). The lowest BCUT2D eigenvalue weighted by molar-refractivity contribution is -0.359. The molecule has 32 valence electrons. The standard InChI is InChI=1S/C6H8/c1-5-2-6(1,3-5)4-5/h1-4H2. The predicted octanol–water partition coefficient (Wildman–Crippen LogP) is 1.56. The first-order valence-electron chi connectivity index (χ1n) is 2.83. The van der Waals surface area contributed by atoms with Gasteiger partial charge in [-0.3, -0.25) is 0 Å². The molecule has 6 fully saturated rings. The normalized spacial score (nSPS) is 80.0. The average Bonchev–Trinajstić information content (AvgIpc) is 0.503. The topological polar surface area (TPSA) is 0 Å². The zero-order valence-corrected chi connectivity index (χ0v) is 3.83. The van der Waals surface area contributed by atoms with E-state index in [-0.39, 0.29) is 0 Å². The summed E-state index contributed by atoms with van der Waals surface area (Å²) in [6.07, 6.45) is 6.50. The van der Waals surface area contributed by atoms with Crippen molar-refractivity contribution in [3.63, 3.8) is 0 Å². The molecule has 0 radical (unpaired) electrons. The molecule has 6 saturated carbocycles. The van der Waals surface area contributed by atoms with E-state index >= 15 is 0 Å². The van der Waals surface area contributed by atoms with Gasteiger partial charge in [0.2, 0.25) is 0 Å². The Balaban J connectivity index is 2.31. The van der Waals surface area contributed by atoms with E-state index in [1.165, 1.54) is 0 Å². The lowest BCUT2D eigenvalue weighted by Gasteiger charge is -2.86. The highest BCUT2D eigenvalue weighted by molar-refractivity contribution is 5.30. The van der Waals surface area contributed by atoms with Gasteiger partial charge in [0.1, 0.15) is 0 Å². The third-order valence-electron chi connectivity index (χ3n) is 3.00. The summed E-state index contributed by atoms with van der Waals surface area (Å²) >= 11 is 0. The third kappa shape index (κ3) is 0.0625. The summed E-state index contributed by atoms with van der Waals surface area (Å²) in [7, 11) is 0. The molecule has 0 unspecified atom stereocenters. The fourth-order valence-corrected chi connectivity index (χ4v) is 2.87. The van der Waals surface area contributed by atoms with Gasteiger partial charge in [0.15, 0.2) is 0 Å². The van der Waals surface area contributed by atoms with Crippen LogP contribution in [0.3, 0.4) is 0 Å². The van der Waals surface area contributed by atoms with Crippen LogP contribution in [0.1, 0.15) is 25.7 Å². The molecule has 0 aliphatic heterocycles. The van der Waals surface area contributed by atoms with Crippen LogP contribution in [-0.2, 0) is 0 Å². The van der Waals surface area contributed by atoms with Crippen molar-refractivity contribution < 1.29 is 0 Å². The minimum absolute atomic E-state index is 1.00. The summed E-state index contributed by atoms with van der Waals surface area (Å²) in [5.74, 6) is 0. The van der Waals surface area contributed by atoms with Gasteiger partial charge in [0.25, 0.3) is 0 Å². The number of hydrogen-bond acceptors (Lipinski definition) is 0. The monoisotopic (exact) mass is 80.1 g/mol. The predicted molar refractivity (Wildman–Crippen MR) is 23.3 cm³/mol. The van der Waals surface area contributed by atoms with Crippen LogP contribution in [0.4, 0.5) is 0 Å². The van der Waals surface area contributed by atoms with Crippen molar-refractivity contribution in [1.29, 1.82) is 0 Å². The first-order chi connectivity index (χ1) is 2.83. The van der Waals surface area contributed by atoms with Gasteiger partial charge >= 0.3 is 0 Å². The molecule has 0 N–H and O–H groups in total. The van der Waals surface area contributed by atoms with Crippen molar-refractivity contribution in [2.24, 2.45) is 10.8 Å². The summed E-state index contributed by atoms with van der Waals surface area (Å²) in [6.45, 7) is 0. The Morgan fingerprint density at radius 2 is 0.833 bits per heavy atom. The summed E-state index contributed by atoms with van der Waals surface area (Å²) in [6, 6.07) is 0. The van der Waals surface area contributed by atoms with E-state index in [1.807, 2.05) is 0 Å². The van der Waals surface area contributed by atoms with E-state index in [4.69, 9.17) is 0 Å². The van der Waals surface area contributed by atoms with Gasteiger partial charge in [-0.25, -0.2) is 0 Å². The van der Waals surface area contributed by atoms with Gasteiger partial charge in [-0.05, 0) is 36.5 Å². The van der Waals surface area contributed by atoms with E-state index in [0.29, 0.717) is 0 Å². The Morgan fingerprint density at radius 3 is 0.833 bits per heavy atom. The molecular weight excluding hydrogens is 72.1 g/mol. The zero-order valence-electron chi connectivity index (χ0n) is 3.83. The van der Waals surface area contributed by atoms with Crippen molar-refractivity contribution in [3.8, 4) is 0 Å². The number of rotatable bonds is 0. The molecule has 2 bridgehead atoms. The molecule has 6 aliphatic rings. The first kappa shape index (κ1) is 2.34. The van der Waals surface area contributed by atoms with Crippen molar-refractivity contribution >= 4 is 0 Å². The van der Waals surface area contributed by atoms with Crippen LogP contribution < -0.4 is 0 Å². The molecule has 0 aromatic rings. The third-order valence-corrected chi connectivity index (χ3v) is 3.00. The molecule has 0 heterocycles. The molecule has 0 spiro atoms. The molecule has 0 nitrogen and oxygen atoms in total. The summed E-state index contributed by atoms with van der Waals surface area (Å²) in [4.78, 5) is 0.